The van der Waals surface area contributed by atoms with Gasteiger partial charge in [0, 0.05) is 31.9 Å². The Labute approximate surface area is 244 Å². The van der Waals surface area contributed by atoms with Crippen molar-refractivity contribution >= 4 is 81.5 Å². The molecule has 0 saturated heterocycles. The molecule has 4 rings (SSSR count). The molecular formula is C29H23Cl2N3O3S2. The summed E-state index contributed by atoms with van der Waals surface area (Å²) >= 11 is 14.9. The molecule has 6 nitrogen and oxygen atoms in total. The van der Waals surface area contributed by atoms with Gasteiger partial charge in [-0.25, -0.2) is 0 Å². The van der Waals surface area contributed by atoms with Crippen LogP contribution in [0.3, 0.4) is 0 Å². The lowest BCUT2D eigenvalue weighted by molar-refractivity contribution is -0.115. The van der Waals surface area contributed by atoms with Crippen LogP contribution in [0.15, 0.2) is 100 Å². The van der Waals surface area contributed by atoms with E-state index in [-0.39, 0.29) is 17.5 Å². The van der Waals surface area contributed by atoms with E-state index >= 15 is 0 Å². The van der Waals surface area contributed by atoms with E-state index in [1.807, 2.05) is 35.0 Å². The summed E-state index contributed by atoms with van der Waals surface area (Å²) in [6.45, 7) is 1.79. The first kappa shape index (κ1) is 28.4. The maximum atomic E-state index is 13.1. The Kier molecular flexibility index (Phi) is 9.84. The molecule has 3 aromatic carbocycles. The first-order valence-corrected chi connectivity index (χ1v) is 14.3. The highest BCUT2D eigenvalue weighted by molar-refractivity contribution is 8.00. The summed E-state index contributed by atoms with van der Waals surface area (Å²) in [5, 5.41) is 12.6. The Morgan fingerprint density at radius 1 is 0.872 bits per heavy atom. The number of anilines is 2. The number of halogens is 2. The van der Waals surface area contributed by atoms with Crippen LogP contribution in [0.2, 0.25) is 10.0 Å². The molecule has 10 heteroatoms. The van der Waals surface area contributed by atoms with Crippen LogP contribution in [-0.4, -0.2) is 23.0 Å². The summed E-state index contributed by atoms with van der Waals surface area (Å²) in [4.78, 5) is 39.3. The second kappa shape index (κ2) is 13.5. The van der Waals surface area contributed by atoms with E-state index < -0.39 is 11.2 Å². The van der Waals surface area contributed by atoms with E-state index in [0.29, 0.717) is 27.0 Å². The maximum absolute atomic E-state index is 13.1. The third kappa shape index (κ3) is 8.46. The third-order valence-corrected chi connectivity index (χ3v) is 7.56. The molecule has 3 amide bonds. The van der Waals surface area contributed by atoms with Crippen LogP contribution in [0.25, 0.3) is 6.08 Å². The Bertz CT molecular complexity index is 1470. The van der Waals surface area contributed by atoms with Gasteiger partial charge in [-0.3, -0.25) is 14.4 Å². The molecule has 198 valence electrons. The van der Waals surface area contributed by atoms with Crippen molar-refractivity contribution in [3.8, 4) is 0 Å². The van der Waals surface area contributed by atoms with Gasteiger partial charge in [0.25, 0.3) is 11.8 Å². The number of carbonyl (C=O) groups is 3. The first-order valence-electron chi connectivity index (χ1n) is 11.7. The zero-order valence-corrected chi connectivity index (χ0v) is 23.8. The van der Waals surface area contributed by atoms with E-state index in [2.05, 4.69) is 16.0 Å². The SMILES string of the molecule is CC(Sc1ccc(NC(=O)/C(=C/c2ccsc2)NC(=O)c2ccccc2)cc1)C(=O)Nc1cc(Cl)cc(Cl)c1. The number of thiophene rings is 1. The number of thioether (sulfide) groups is 1. The summed E-state index contributed by atoms with van der Waals surface area (Å²) in [5.41, 5.74) is 2.43. The molecule has 4 aromatic rings. The van der Waals surface area contributed by atoms with E-state index in [0.717, 1.165) is 10.5 Å². The summed E-state index contributed by atoms with van der Waals surface area (Å²) < 4.78 is 0. The molecule has 0 spiro atoms. The molecule has 0 saturated carbocycles. The molecule has 0 aliphatic carbocycles. The average molecular weight is 597 g/mol. The fraction of sp³-hybridized carbons (Fsp3) is 0.0690. The Morgan fingerprint density at radius 2 is 1.56 bits per heavy atom. The lowest BCUT2D eigenvalue weighted by Crippen LogP contribution is -2.30. The number of carbonyl (C=O) groups excluding carboxylic acids is 3. The van der Waals surface area contributed by atoms with Gasteiger partial charge < -0.3 is 16.0 Å². The number of amides is 3. The quantitative estimate of drug-likeness (QED) is 0.137. The van der Waals surface area contributed by atoms with Gasteiger partial charge in [-0.15, -0.1) is 11.8 Å². The number of hydrogen-bond acceptors (Lipinski definition) is 5. The highest BCUT2D eigenvalue weighted by Gasteiger charge is 2.17. The van der Waals surface area contributed by atoms with E-state index in [9.17, 15) is 14.4 Å². The largest absolute Gasteiger partial charge is 0.325 e. The van der Waals surface area contributed by atoms with Gasteiger partial charge in [0.2, 0.25) is 5.91 Å². The van der Waals surface area contributed by atoms with Crippen LogP contribution >= 0.6 is 46.3 Å². The first-order chi connectivity index (χ1) is 18.8. The lowest BCUT2D eigenvalue weighted by Gasteiger charge is -2.14. The standard InChI is InChI=1S/C29H23Cl2N3O3S2/c1-18(27(35)33-24-15-21(30)14-22(31)16-24)39-25-9-7-23(8-10-25)32-29(37)26(13-19-11-12-38-17-19)34-28(36)20-5-3-2-4-6-20/h2-18H,1H3,(H,32,37)(H,33,35)(H,34,36)/b26-13-. The molecule has 1 heterocycles. The predicted molar refractivity (Wildman–Crippen MR) is 162 cm³/mol. The minimum Gasteiger partial charge on any atom is -0.325 e. The van der Waals surface area contributed by atoms with Crippen LogP contribution in [0.4, 0.5) is 11.4 Å². The van der Waals surface area contributed by atoms with Crippen LogP contribution in [0.5, 0.6) is 0 Å². The second-order valence-electron chi connectivity index (χ2n) is 8.32. The monoisotopic (exact) mass is 595 g/mol. The summed E-state index contributed by atoms with van der Waals surface area (Å²) in [5.74, 6) is -1.04. The topological polar surface area (TPSA) is 87.3 Å². The molecule has 0 aliphatic rings. The van der Waals surface area contributed by atoms with Gasteiger partial charge in [0.1, 0.15) is 5.70 Å². The van der Waals surface area contributed by atoms with Gasteiger partial charge >= 0.3 is 0 Å². The van der Waals surface area contributed by atoms with Crippen LogP contribution in [0.1, 0.15) is 22.8 Å². The molecule has 1 unspecified atom stereocenters. The summed E-state index contributed by atoms with van der Waals surface area (Å²) in [6.07, 6.45) is 1.63. The van der Waals surface area contributed by atoms with Crippen molar-refractivity contribution < 1.29 is 14.4 Å². The van der Waals surface area contributed by atoms with E-state index in [4.69, 9.17) is 23.2 Å². The highest BCUT2D eigenvalue weighted by Crippen LogP contribution is 2.27. The molecule has 3 N–H and O–H groups in total. The second-order valence-corrected chi connectivity index (χ2v) is 11.4. The van der Waals surface area contributed by atoms with Gasteiger partial charge in [0.15, 0.2) is 0 Å². The van der Waals surface area contributed by atoms with Crippen molar-refractivity contribution in [1.29, 1.82) is 0 Å². The number of benzene rings is 3. The van der Waals surface area contributed by atoms with Crippen molar-refractivity contribution in [3.05, 3.63) is 116 Å². The number of hydrogen-bond donors (Lipinski definition) is 3. The molecule has 0 bridgehead atoms. The van der Waals surface area contributed by atoms with Gasteiger partial charge in [0.05, 0.1) is 5.25 Å². The Hall–Kier alpha value is -3.56. The minimum atomic E-state index is -0.459. The van der Waals surface area contributed by atoms with Gasteiger partial charge in [-0.2, -0.15) is 11.3 Å². The fourth-order valence-corrected chi connectivity index (χ4v) is 5.42. The smallest absolute Gasteiger partial charge is 0.272 e. The van der Waals surface area contributed by atoms with E-state index in [1.54, 1.807) is 67.6 Å². The average Bonchev–Trinajstić information content (AvgIpc) is 3.42. The zero-order chi connectivity index (χ0) is 27.8. The van der Waals surface area contributed by atoms with Crippen molar-refractivity contribution in [2.24, 2.45) is 0 Å². The normalized spacial score (nSPS) is 11.9. The molecule has 0 fully saturated rings. The van der Waals surface area contributed by atoms with Crippen molar-refractivity contribution in [3.63, 3.8) is 0 Å². The van der Waals surface area contributed by atoms with Crippen LogP contribution < -0.4 is 16.0 Å². The molecular weight excluding hydrogens is 573 g/mol. The van der Waals surface area contributed by atoms with Crippen LogP contribution in [-0.2, 0) is 9.59 Å². The molecule has 1 atom stereocenters. The summed E-state index contributed by atoms with van der Waals surface area (Å²) in [6, 6.07) is 22.5. The zero-order valence-electron chi connectivity index (χ0n) is 20.6. The molecule has 1 aromatic heterocycles. The predicted octanol–water partition coefficient (Wildman–Crippen LogP) is 7.58. The Balaban J connectivity index is 1.39. The summed E-state index contributed by atoms with van der Waals surface area (Å²) in [7, 11) is 0. The van der Waals surface area contributed by atoms with Gasteiger partial charge in [-0.05, 0) is 90.0 Å². The van der Waals surface area contributed by atoms with Crippen molar-refractivity contribution in [1.82, 2.24) is 5.32 Å². The van der Waals surface area contributed by atoms with Crippen LogP contribution in [0, 0.1) is 0 Å². The fourth-order valence-electron chi connectivity index (χ4n) is 3.41. The maximum Gasteiger partial charge on any atom is 0.272 e. The highest BCUT2D eigenvalue weighted by atomic mass is 35.5. The number of rotatable bonds is 9. The minimum absolute atomic E-state index is 0.118. The van der Waals surface area contributed by atoms with E-state index in [1.165, 1.54) is 23.1 Å². The van der Waals surface area contributed by atoms with Crippen molar-refractivity contribution in [2.75, 3.05) is 10.6 Å². The van der Waals surface area contributed by atoms with Gasteiger partial charge in [-0.1, -0.05) is 41.4 Å². The molecule has 0 aliphatic heterocycles. The molecule has 39 heavy (non-hydrogen) atoms. The Morgan fingerprint density at radius 3 is 2.21 bits per heavy atom. The lowest BCUT2D eigenvalue weighted by atomic mass is 10.2. The molecule has 0 radical (unpaired) electrons. The number of nitrogens with one attached hydrogen (secondary N) is 3. The van der Waals surface area contributed by atoms with Crippen molar-refractivity contribution in [2.45, 2.75) is 17.1 Å². The third-order valence-electron chi connectivity index (χ3n) is 5.31.